The Hall–Kier alpha value is -3.42. The molecule has 0 unspecified atom stereocenters. The first kappa shape index (κ1) is 22.4. The van der Waals surface area contributed by atoms with Crippen molar-refractivity contribution in [3.8, 4) is 6.07 Å². The molecule has 4 N–H and O–H groups in total. The molecule has 1 aliphatic heterocycles. The van der Waals surface area contributed by atoms with E-state index in [1.54, 1.807) is 19.2 Å². The van der Waals surface area contributed by atoms with Crippen LogP contribution in [0.2, 0.25) is 0 Å². The lowest BCUT2D eigenvalue weighted by Gasteiger charge is -2.42. The molecule has 1 aliphatic carbocycles. The van der Waals surface area contributed by atoms with Gasteiger partial charge in [-0.05, 0) is 48.4 Å². The van der Waals surface area contributed by atoms with Crippen LogP contribution < -0.4 is 21.9 Å². The fraction of sp³-hybridized carbons (Fsp3) is 0.333. The number of benzene rings is 1. The van der Waals surface area contributed by atoms with Crippen molar-refractivity contribution in [3.05, 3.63) is 69.5 Å². The number of nitrogens with zero attached hydrogens (tertiary/aromatic N) is 5. The van der Waals surface area contributed by atoms with E-state index in [4.69, 9.17) is 16.7 Å². The molecule has 0 bridgehead atoms. The summed E-state index contributed by atoms with van der Waals surface area (Å²) in [5.74, 6) is -0.153. The average Bonchev–Trinajstić information content (AvgIpc) is 3.12. The van der Waals surface area contributed by atoms with Crippen LogP contribution >= 0.6 is 11.8 Å². The number of fused-ring (bicyclic) bond motifs is 1. The summed E-state index contributed by atoms with van der Waals surface area (Å²) in [7, 11) is 1.64. The molecule has 1 saturated heterocycles. The molecule has 0 saturated carbocycles. The van der Waals surface area contributed by atoms with Gasteiger partial charge < -0.3 is 16.4 Å². The predicted molar refractivity (Wildman–Crippen MR) is 128 cm³/mol. The summed E-state index contributed by atoms with van der Waals surface area (Å²) < 4.78 is 16.0. The molecule has 1 fully saturated rings. The van der Waals surface area contributed by atoms with E-state index in [-0.39, 0.29) is 38.2 Å². The van der Waals surface area contributed by atoms with Crippen molar-refractivity contribution in [1.82, 2.24) is 14.5 Å². The minimum Gasteiger partial charge on any atom is -0.382 e. The van der Waals surface area contributed by atoms with Crippen LogP contribution in [0, 0.1) is 22.6 Å². The van der Waals surface area contributed by atoms with Crippen molar-refractivity contribution in [2.45, 2.75) is 35.1 Å². The third-order valence-corrected chi connectivity index (χ3v) is 8.15. The number of pyridine rings is 1. The van der Waals surface area contributed by atoms with E-state index in [9.17, 15) is 9.18 Å². The third-order valence-electron chi connectivity index (χ3n) is 7.03. The molecule has 1 aromatic carbocycles. The van der Waals surface area contributed by atoms with Gasteiger partial charge >= 0.3 is 0 Å². The van der Waals surface area contributed by atoms with Crippen LogP contribution in [0.25, 0.3) is 0 Å². The Kier molecular flexibility index (Phi) is 5.54. The normalized spacial score (nSPS) is 18.6. The molecule has 1 atom stereocenters. The zero-order chi connectivity index (χ0) is 24.0. The topological polar surface area (TPSA) is 127 Å². The smallest absolute Gasteiger partial charge is 0.270 e. The second kappa shape index (κ2) is 8.42. The number of halogens is 1. The highest BCUT2D eigenvalue weighted by molar-refractivity contribution is 7.99. The number of hydrogen-bond acceptors (Lipinski definition) is 8. The number of nitrogen functional groups attached to an aromatic ring is 1. The number of piperidine rings is 1. The lowest BCUT2D eigenvalue weighted by molar-refractivity contribution is 0.185. The van der Waals surface area contributed by atoms with Gasteiger partial charge in [0.05, 0.1) is 5.56 Å². The SMILES string of the molecule is Cn1c(N2CCC3(CC2)Cc2ncccc2[C@H]3N)nc(N)c(Sc2cccc(C#N)c2F)c1=O. The minimum atomic E-state index is -0.676. The number of rotatable bonds is 3. The summed E-state index contributed by atoms with van der Waals surface area (Å²) in [6.07, 6.45) is 4.37. The van der Waals surface area contributed by atoms with Crippen LogP contribution in [-0.2, 0) is 13.5 Å². The molecule has 3 heterocycles. The van der Waals surface area contributed by atoms with Crippen LogP contribution in [0.4, 0.5) is 16.2 Å². The molecule has 5 rings (SSSR count). The summed E-state index contributed by atoms with van der Waals surface area (Å²) in [6.45, 7) is 1.37. The van der Waals surface area contributed by atoms with Crippen molar-refractivity contribution in [1.29, 1.82) is 5.26 Å². The maximum atomic E-state index is 14.5. The highest BCUT2D eigenvalue weighted by Gasteiger charge is 2.46. The summed E-state index contributed by atoms with van der Waals surface area (Å²) in [4.78, 5) is 24.5. The van der Waals surface area contributed by atoms with Gasteiger partial charge in [0.15, 0.2) is 5.82 Å². The summed E-state index contributed by atoms with van der Waals surface area (Å²) in [6, 6.07) is 10.2. The van der Waals surface area contributed by atoms with E-state index in [1.165, 1.54) is 16.7 Å². The van der Waals surface area contributed by atoms with Crippen molar-refractivity contribution in [2.24, 2.45) is 18.2 Å². The molecule has 1 spiro atoms. The summed E-state index contributed by atoms with van der Waals surface area (Å²) in [5, 5.41) is 9.07. The second-order valence-corrected chi connectivity index (χ2v) is 9.92. The number of hydrogen-bond donors (Lipinski definition) is 2. The van der Waals surface area contributed by atoms with Gasteiger partial charge in [-0.25, -0.2) is 4.39 Å². The number of anilines is 2. The first-order valence-corrected chi connectivity index (χ1v) is 11.8. The van der Waals surface area contributed by atoms with Gasteiger partial charge in [-0.3, -0.25) is 14.3 Å². The minimum absolute atomic E-state index is 0.0410. The quantitative estimate of drug-likeness (QED) is 0.590. The predicted octanol–water partition coefficient (Wildman–Crippen LogP) is 2.76. The average molecular weight is 478 g/mol. The standard InChI is InChI=1S/C24H24FN7OS/c1-31-22(33)19(34-17-6-2-4-14(13-26)18(17)25)21(28)30-23(31)32-10-7-24(8-11-32)12-16-15(20(24)27)5-3-9-29-16/h2-6,9,20H,7-8,10-12,27-28H2,1H3/t20-/m1/s1. The Morgan fingerprint density at radius 3 is 2.74 bits per heavy atom. The van der Waals surface area contributed by atoms with Crippen LogP contribution in [-0.4, -0.2) is 27.6 Å². The van der Waals surface area contributed by atoms with E-state index in [0.29, 0.717) is 19.0 Å². The van der Waals surface area contributed by atoms with Crippen molar-refractivity contribution >= 4 is 23.5 Å². The van der Waals surface area contributed by atoms with Crippen LogP contribution in [0.1, 0.15) is 35.7 Å². The lowest BCUT2D eigenvalue weighted by atomic mass is 9.73. The Balaban J connectivity index is 1.38. The first-order valence-electron chi connectivity index (χ1n) is 11.0. The monoisotopic (exact) mass is 477 g/mol. The van der Waals surface area contributed by atoms with Crippen LogP contribution in [0.5, 0.6) is 0 Å². The zero-order valence-corrected chi connectivity index (χ0v) is 19.5. The Morgan fingerprint density at radius 2 is 2.03 bits per heavy atom. The largest absolute Gasteiger partial charge is 0.382 e. The molecule has 174 valence electrons. The molecule has 34 heavy (non-hydrogen) atoms. The molecule has 3 aromatic rings. The van der Waals surface area contributed by atoms with Gasteiger partial charge in [0.2, 0.25) is 5.95 Å². The zero-order valence-electron chi connectivity index (χ0n) is 18.7. The van der Waals surface area contributed by atoms with Gasteiger partial charge in [-0.2, -0.15) is 10.2 Å². The van der Waals surface area contributed by atoms with Crippen LogP contribution in [0.15, 0.2) is 51.1 Å². The van der Waals surface area contributed by atoms with Crippen LogP contribution in [0.3, 0.4) is 0 Å². The van der Waals surface area contributed by atoms with E-state index < -0.39 is 5.82 Å². The molecular formula is C24H24FN7OS. The Bertz CT molecular complexity index is 1370. The number of nitrogens with two attached hydrogens (primary N) is 2. The third kappa shape index (κ3) is 3.52. The van der Waals surface area contributed by atoms with E-state index >= 15 is 0 Å². The maximum Gasteiger partial charge on any atom is 0.270 e. The van der Waals surface area contributed by atoms with E-state index in [0.717, 1.165) is 42.3 Å². The van der Waals surface area contributed by atoms with Crippen molar-refractivity contribution < 1.29 is 4.39 Å². The molecule has 2 aromatic heterocycles. The summed E-state index contributed by atoms with van der Waals surface area (Å²) >= 11 is 0.886. The molecule has 8 nitrogen and oxygen atoms in total. The molecular weight excluding hydrogens is 453 g/mol. The highest BCUT2D eigenvalue weighted by atomic mass is 32.2. The second-order valence-electron chi connectivity index (χ2n) is 8.87. The fourth-order valence-corrected chi connectivity index (χ4v) is 5.99. The summed E-state index contributed by atoms with van der Waals surface area (Å²) in [5.41, 5.74) is 14.5. The van der Waals surface area contributed by atoms with Gasteiger partial charge in [0, 0.05) is 43.0 Å². The Labute approximate surface area is 200 Å². The maximum absolute atomic E-state index is 14.5. The Morgan fingerprint density at radius 1 is 1.26 bits per heavy atom. The number of nitriles is 1. The lowest BCUT2D eigenvalue weighted by Crippen LogP contribution is -2.46. The molecule has 2 aliphatic rings. The fourth-order valence-electron chi connectivity index (χ4n) is 5.05. The van der Waals surface area contributed by atoms with Gasteiger partial charge in [0.25, 0.3) is 5.56 Å². The van der Waals surface area contributed by atoms with E-state index in [1.807, 2.05) is 12.3 Å². The molecule has 0 amide bonds. The van der Waals surface area contributed by atoms with Crippen molar-refractivity contribution in [3.63, 3.8) is 0 Å². The first-order chi connectivity index (χ1) is 16.3. The van der Waals surface area contributed by atoms with Gasteiger partial charge in [0.1, 0.15) is 16.8 Å². The highest BCUT2D eigenvalue weighted by Crippen LogP contribution is 2.50. The van der Waals surface area contributed by atoms with Gasteiger partial charge in [-0.1, -0.05) is 23.9 Å². The van der Waals surface area contributed by atoms with E-state index in [2.05, 4.69) is 20.9 Å². The molecule has 10 heteroatoms. The van der Waals surface area contributed by atoms with Gasteiger partial charge in [-0.15, -0.1) is 0 Å². The number of aromatic nitrogens is 3. The van der Waals surface area contributed by atoms with Crippen molar-refractivity contribution in [2.75, 3.05) is 23.7 Å². The molecule has 0 radical (unpaired) electrons.